The van der Waals surface area contributed by atoms with Crippen LogP contribution in [0.25, 0.3) is 0 Å². The second-order valence-electron chi connectivity index (χ2n) is 5.20. The van der Waals surface area contributed by atoms with Gasteiger partial charge in [0.2, 0.25) is 5.91 Å². The summed E-state index contributed by atoms with van der Waals surface area (Å²) in [5.41, 5.74) is 2.00. The maximum atomic E-state index is 12.4. The van der Waals surface area contributed by atoms with Crippen LogP contribution in [-0.4, -0.2) is 38.1 Å². The SMILES string of the molecule is CCN1c2ccccc2N(C(=O)CCC(=O)OC)CC1C. The number of esters is 1. The number of methoxy groups -OCH3 is 1. The first-order valence-electron chi connectivity index (χ1n) is 7.31. The smallest absolute Gasteiger partial charge is 0.306 e. The zero-order valence-corrected chi connectivity index (χ0v) is 12.8. The molecular formula is C16H22N2O3. The predicted octanol–water partition coefficient (Wildman–Crippen LogP) is 2.20. The number of anilines is 2. The van der Waals surface area contributed by atoms with Crippen LogP contribution >= 0.6 is 0 Å². The van der Waals surface area contributed by atoms with Crippen LogP contribution in [0.4, 0.5) is 11.4 Å². The fraction of sp³-hybridized carbons (Fsp3) is 0.500. The number of nitrogens with zero attached hydrogens (tertiary/aromatic N) is 2. The topological polar surface area (TPSA) is 49.9 Å². The van der Waals surface area contributed by atoms with Gasteiger partial charge in [0.05, 0.1) is 24.9 Å². The molecular weight excluding hydrogens is 268 g/mol. The molecule has 0 aromatic heterocycles. The molecule has 1 amide bonds. The lowest BCUT2D eigenvalue weighted by Crippen LogP contribution is -2.49. The maximum absolute atomic E-state index is 12.4. The monoisotopic (exact) mass is 290 g/mol. The number of likely N-dealkylation sites (N-methyl/N-ethyl adjacent to an activating group) is 1. The van der Waals surface area contributed by atoms with Crippen molar-refractivity contribution in [3.63, 3.8) is 0 Å². The zero-order chi connectivity index (χ0) is 15.4. The van der Waals surface area contributed by atoms with Gasteiger partial charge in [0.25, 0.3) is 0 Å². The fourth-order valence-corrected chi connectivity index (χ4v) is 2.80. The number of carbonyl (C=O) groups is 2. The Morgan fingerprint density at radius 2 is 1.90 bits per heavy atom. The van der Waals surface area contributed by atoms with Gasteiger partial charge in [-0.3, -0.25) is 9.59 Å². The molecule has 21 heavy (non-hydrogen) atoms. The molecule has 1 atom stereocenters. The molecule has 0 spiro atoms. The summed E-state index contributed by atoms with van der Waals surface area (Å²) >= 11 is 0. The second kappa shape index (κ2) is 6.61. The number of amides is 1. The highest BCUT2D eigenvalue weighted by Gasteiger charge is 2.30. The molecule has 0 bridgehead atoms. The fourth-order valence-electron chi connectivity index (χ4n) is 2.80. The molecule has 1 heterocycles. The molecule has 0 radical (unpaired) electrons. The van der Waals surface area contributed by atoms with Crippen molar-refractivity contribution >= 4 is 23.3 Å². The third-order valence-electron chi connectivity index (χ3n) is 3.87. The number of fused-ring (bicyclic) bond motifs is 1. The average Bonchev–Trinajstić information content (AvgIpc) is 2.51. The molecule has 1 unspecified atom stereocenters. The minimum absolute atomic E-state index is 0.0320. The van der Waals surface area contributed by atoms with Gasteiger partial charge in [0, 0.05) is 25.6 Å². The summed E-state index contributed by atoms with van der Waals surface area (Å²) in [6, 6.07) is 8.17. The number of benzene rings is 1. The minimum Gasteiger partial charge on any atom is -0.469 e. The lowest BCUT2D eigenvalue weighted by Gasteiger charge is -2.42. The maximum Gasteiger partial charge on any atom is 0.306 e. The Balaban J connectivity index is 2.20. The standard InChI is InChI=1S/C16H22N2O3/c1-4-17-12(2)11-18(14-8-6-5-7-13(14)17)15(19)9-10-16(20)21-3/h5-8,12H,4,9-11H2,1-3H3. The Morgan fingerprint density at radius 1 is 1.24 bits per heavy atom. The van der Waals surface area contributed by atoms with Crippen molar-refractivity contribution in [2.24, 2.45) is 0 Å². The van der Waals surface area contributed by atoms with E-state index in [1.807, 2.05) is 24.3 Å². The normalized spacial score (nSPS) is 17.4. The quantitative estimate of drug-likeness (QED) is 0.798. The van der Waals surface area contributed by atoms with Crippen molar-refractivity contribution < 1.29 is 14.3 Å². The molecule has 5 nitrogen and oxygen atoms in total. The first-order chi connectivity index (χ1) is 10.1. The van der Waals surface area contributed by atoms with Gasteiger partial charge in [-0.05, 0) is 26.0 Å². The third kappa shape index (κ3) is 3.17. The van der Waals surface area contributed by atoms with E-state index in [1.54, 1.807) is 4.90 Å². The van der Waals surface area contributed by atoms with E-state index in [9.17, 15) is 9.59 Å². The summed E-state index contributed by atoms with van der Waals surface area (Å²) in [6.07, 6.45) is 0.305. The summed E-state index contributed by atoms with van der Waals surface area (Å²) in [5, 5.41) is 0. The van der Waals surface area contributed by atoms with Crippen molar-refractivity contribution in [3.05, 3.63) is 24.3 Å². The van der Waals surface area contributed by atoms with Gasteiger partial charge in [-0.2, -0.15) is 0 Å². The second-order valence-corrected chi connectivity index (χ2v) is 5.20. The highest BCUT2D eigenvalue weighted by molar-refractivity contribution is 5.99. The van der Waals surface area contributed by atoms with Crippen LogP contribution in [0.15, 0.2) is 24.3 Å². The molecule has 0 saturated carbocycles. The first kappa shape index (κ1) is 15.4. The van der Waals surface area contributed by atoms with E-state index in [1.165, 1.54) is 7.11 Å². The average molecular weight is 290 g/mol. The van der Waals surface area contributed by atoms with Crippen LogP contribution in [0.3, 0.4) is 0 Å². The lowest BCUT2D eigenvalue weighted by molar-refractivity contribution is -0.141. The summed E-state index contributed by atoms with van der Waals surface area (Å²) in [7, 11) is 1.34. The summed E-state index contributed by atoms with van der Waals surface area (Å²) in [4.78, 5) is 27.7. The number of para-hydroxylation sites is 2. The van der Waals surface area contributed by atoms with Crippen molar-refractivity contribution in [2.75, 3.05) is 30.0 Å². The van der Waals surface area contributed by atoms with Gasteiger partial charge >= 0.3 is 5.97 Å². The molecule has 114 valence electrons. The van der Waals surface area contributed by atoms with Crippen LogP contribution in [-0.2, 0) is 14.3 Å². The van der Waals surface area contributed by atoms with E-state index in [4.69, 9.17) is 0 Å². The van der Waals surface area contributed by atoms with E-state index in [0.29, 0.717) is 6.54 Å². The molecule has 1 aliphatic rings. The predicted molar refractivity (Wildman–Crippen MR) is 82.5 cm³/mol. The van der Waals surface area contributed by atoms with Gasteiger partial charge in [-0.25, -0.2) is 0 Å². The van der Waals surface area contributed by atoms with Gasteiger partial charge in [-0.1, -0.05) is 12.1 Å². The molecule has 0 N–H and O–H groups in total. The highest BCUT2D eigenvalue weighted by Crippen LogP contribution is 2.35. The molecule has 1 aliphatic heterocycles. The number of rotatable bonds is 4. The molecule has 1 aromatic rings. The first-order valence-corrected chi connectivity index (χ1v) is 7.31. The van der Waals surface area contributed by atoms with Crippen LogP contribution in [0.2, 0.25) is 0 Å². The lowest BCUT2D eigenvalue weighted by atomic mass is 10.1. The zero-order valence-electron chi connectivity index (χ0n) is 12.8. The minimum atomic E-state index is -0.350. The van der Waals surface area contributed by atoms with Crippen molar-refractivity contribution in [1.29, 1.82) is 0 Å². The van der Waals surface area contributed by atoms with Crippen LogP contribution in [0.1, 0.15) is 26.7 Å². The van der Waals surface area contributed by atoms with E-state index in [2.05, 4.69) is 23.5 Å². The molecule has 0 aliphatic carbocycles. The molecule has 5 heteroatoms. The Hall–Kier alpha value is -2.04. The van der Waals surface area contributed by atoms with Gasteiger partial charge in [0.1, 0.15) is 0 Å². The number of hydrogen-bond acceptors (Lipinski definition) is 4. The Bertz CT molecular complexity index is 530. The Labute approximate surface area is 125 Å². The molecule has 2 rings (SSSR count). The molecule has 1 aromatic carbocycles. The van der Waals surface area contributed by atoms with E-state index >= 15 is 0 Å². The van der Waals surface area contributed by atoms with Crippen molar-refractivity contribution in [1.82, 2.24) is 0 Å². The third-order valence-corrected chi connectivity index (χ3v) is 3.87. The van der Waals surface area contributed by atoms with E-state index < -0.39 is 0 Å². The summed E-state index contributed by atoms with van der Waals surface area (Å²) < 4.78 is 4.60. The summed E-state index contributed by atoms with van der Waals surface area (Å²) in [6.45, 7) is 5.77. The van der Waals surface area contributed by atoms with Crippen LogP contribution in [0.5, 0.6) is 0 Å². The van der Waals surface area contributed by atoms with Gasteiger partial charge < -0.3 is 14.5 Å². The molecule has 0 saturated heterocycles. The number of hydrogen-bond donors (Lipinski definition) is 0. The number of ether oxygens (including phenoxy) is 1. The number of carbonyl (C=O) groups excluding carboxylic acids is 2. The highest BCUT2D eigenvalue weighted by atomic mass is 16.5. The Morgan fingerprint density at radius 3 is 2.52 bits per heavy atom. The van der Waals surface area contributed by atoms with E-state index in [0.717, 1.165) is 17.9 Å². The summed E-state index contributed by atoms with van der Waals surface area (Å²) in [5.74, 6) is -0.382. The molecule has 0 fully saturated rings. The van der Waals surface area contributed by atoms with Gasteiger partial charge in [-0.15, -0.1) is 0 Å². The Kier molecular flexibility index (Phi) is 4.83. The van der Waals surface area contributed by atoms with E-state index in [-0.39, 0.29) is 30.8 Å². The van der Waals surface area contributed by atoms with Crippen LogP contribution in [0, 0.1) is 0 Å². The van der Waals surface area contributed by atoms with Gasteiger partial charge in [0.15, 0.2) is 0 Å². The largest absolute Gasteiger partial charge is 0.469 e. The van der Waals surface area contributed by atoms with Crippen molar-refractivity contribution in [2.45, 2.75) is 32.7 Å². The van der Waals surface area contributed by atoms with Crippen molar-refractivity contribution in [3.8, 4) is 0 Å². The van der Waals surface area contributed by atoms with Crippen LogP contribution < -0.4 is 9.80 Å².